The van der Waals surface area contributed by atoms with E-state index in [0.717, 1.165) is 11.1 Å². The Balaban J connectivity index is 2.11. The molecule has 0 amide bonds. The predicted molar refractivity (Wildman–Crippen MR) is 71.6 cm³/mol. The molecule has 0 atom stereocenters. The molecule has 2 nitrogen and oxygen atoms in total. The average Bonchev–Trinajstić information content (AvgIpc) is 2.34. The van der Waals surface area contributed by atoms with Crippen molar-refractivity contribution in [1.82, 2.24) is 0 Å². The second kappa shape index (κ2) is 5.27. The average molecular weight is 266 g/mol. The number of anilines is 1. The van der Waals surface area contributed by atoms with Crippen LogP contribution in [0.5, 0.6) is 5.75 Å². The molecular weight excluding hydrogens is 253 g/mol. The Hall–Kier alpha value is -1.74. The van der Waals surface area contributed by atoms with E-state index in [4.69, 9.17) is 11.6 Å². The Morgan fingerprint density at radius 1 is 1.22 bits per heavy atom. The van der Waals surface area contributed by atoms with E-state index in [1.54, 1.807) is 12.1 Å². The van der Waals surface area contributed by atoms with Gasteiger partial charge >= 0.3 is 0 Å². The maximum absolute atomic E-state index is 13.0. The molecule has 0 fully saturated rings. The normalized spacial score (nSPS) is 10.4. The first-order valence-electron chi connectivity index (χ1n) is 5.53. The third-order valence-corrected chi connectivity index (χ3v) is 2.93. The van der Waals surface area contributed by atoms with E-state index in [2.05, 4.69) is 5.32 Å². The smallest absolute Gasteiger partial charge is 0.141 e. The summed E-state index contributed by atoms with van der Waals surface area (Å²) in [5, 5.41) is 12.8. The van der Waals surface area contributed by atoms with Crippen LogP contribution >= 0.6 is 11.6 Å². The van der Waals surface area contributed by atoms with Crippen LogP contribution in [0.3, 0.4) is 0 Å². The molecule has 0 spiro atoms. The fourth-order valence-corrected chi connectivity index (χ4v) is 1.84. The molecule has 0 saturated heterocycles. The zero-order valence-electron chi connectivity index (χ0n) is 9.87. The summed E-state index contributed by atoms with van der Waals surface area (Å²) in [6, 6.07) is 9.82. The van der Waals surface area contributed by atoms with Gasteiger partial charge in [-0.05, 0) is 31.2 Å². The third-order valence-electron chi connectivity index (χ3n) is 2.64. The highest BCUT2D eigenvalue weighted by Crippen LogP contribution is 2.22. The molecule has 2 rings (SSSR count). The molecule has 0 bridgehead atoms. The summed E-state index contributed by atoms with van der Waals surface area (Å²) < 4.78 is 13.0. The van der Waals surface area contributed by atoms with Gasteiger partial charge in [0.1, 0.15) is 11.6 Å². The summed E-state index contributed by atoms with van der Waals surface area (Å²) in [4.78, 5) is 0. The fraction of sp³-hybridized carbons (Fsp3) is 0.143. The minimum Gasteiger partial charge on any atom is -0.508 e. The summed E-state index contributed by atoms with van der Waals surface area (Å²) in [6.07, 6.45) is 0. The standard InChI is InChI=1S/C14H13ClFNO/c1-9-2-5-14(18)10(6-9)8-17-11-3-4-13(16)12(15)7-11/h2-7,17-18H,8H2,1H3. The van der Waals surface area contributed by atoms with Gasteiger partial charge in [-0.3, -0.25) is 0 Å². The predicted octanol–water partition coefficient (Wildman–Crippen LogP) is 4.11. The number of benzene rings is 2. The van der Waals surface area contributed by atoms with Crippen LogP contribution in [0.25, 0.3) is 0 Å². The number of rotatable bonds is 3. The van der Waals surface area contributed by atoms with Crippen LogP contribution in [0.4, 0.5) is 10.1 Å². The molecule has 0 saturated carbocycles. The summed E-state index contributed by atoms with van der Waals surface area (Å²) in [6.45, 7) is 2.41. The molecule has 18 heavy (non-hydrogen) atoms. The van der Waals surface area contributed by atoms with Gasteiger partial charge in [0.05, 0.1) is 5.02 Å². The lowest BCUT2D eigenvalue weighted by molar-refractivity contribution is 0.469. The zero-order valence-corrected chi connectivity index (χ0v) is 10.6. The van der Waals surface area contributed by atoms with Gasteiger partial charge in [-0.2, -0.15) is 0 Å². The van der Waals surface area contributed by atoms with Crippen LogP contribution in [-0.2, 0) is 6.54 Å². The molecule has 0 heterocycles. The second-order valence-electron chi connectivity index (χ2n) is 4.11. The van der Waals surface area contributed by atoms with E-state index in [1.165, 1.54) is 12.1 Å². The van der Waals surface area contributed by atoms with E-state index in [-0.39, 0.29) is 10.8 Å². The van der Waals surface area contributed by atoms with Crippen LogP contribution in [0.2, 0.25) is 5.02 Å². The van der Waals surface area contributed by atoms with Crippen molar-refractivity contribution in [3.8, 4) is 5.75 Å². The first-order chi connectivity index (χ1) is 8.56. The maximum Gasteiger partial charge on any atom is 0.141 e. The lowest BCUT2D eigenvalue weighted by Gasteiger charge is -2.09. The fourth-order valence-electron chi connectivity index (χ4n) is 1.66. The van der Waals surface area contributed by atoms with Crippen LogP contribution in [0.1, 0.15) is 11.1 Å². The van der Waals surface area contributed by atoms with Crippen molar-refractivity contribution in [1.29, 1.82) is 0 Å². The quantitative estimate of drug-likeness (QED) is 0.875. The highest BCUT2D eigenvalue weighted by molar-refractivity contribution is 6.31. The monoisotopic (exact) mass is 265 g/mol. The number of phenolic OH excluding ortho intramolecular Hbond substituents is 1. The zero-order chi connectivity index (χ0) is 13.1. The van der Waals surface area contributed by atoms with Crippen LogP contribution in [-0.4, -0.2) is 5.11 Å². The number of aromatic hydroxyl groups is 1. The van der Waals surface area contributed by atoms with Crippen LogP contribution in [0, 0.1) is 12.7 Å². The van der Waals surface area contributed by atoms with Crippen molar-refractivity contribution in [2.45, 2.75) is 13.5 Å². The minimum atomic E-state index is -0.444. The van der Waals surface area contributed by atoms with E-state index >= 15 is 0 Å². The molecule has 2 aromatic rings. The summed E-state index contributed by atoms with van der Waals surface area (Å²) >= 11 is 5.69. The highest BCUT2D eigenvalue weighted by Gasteiger charge is 2.03. The van der Waals surface area contributed by atoms with Crippen molar-refractivity contribution >= 4 is 17.3 Å². The molecular formula is C14H13ClFNO. The Kier molecular flexibility index (Phi) is 3.72. The Bertz CT molecular complexity index is 572. The number of nitrogens with one attached hydrogen (secondary N) is 1. The van der Waals surface area contributed by atoms with Crippen LogP contribution < -0.4 is 5.32 Å². The largest absolute Gasteiger partial charge is 0.508 e. The summed E-state index contributed by atoms with van der Waals surface area (Å²) in [5.74, 6) is -0.207. The Morgan fingerprint density at radius 3 is 2.72 bits per heavy atom. The Labute approximate surface area is 110 Å². The molecule has 4 heteroatoms. The summed E-state index contributed by atoms with van der Waals surface area (Å²) in [7, 11) is 0. The molecule has 2 aromatic carbocycles. The van der Waals surface area contributed by atoms with Gasteiger partial charge in [-0.25, -0.2) is 4.39 Å². The van der Waals surface area contributed by atoms with Crippen LogP contribution in [0.15, 0.2) is 36.4 Å². The van der Waals surface area contributed by atoms with Gasteiger partial charge in [-0.1, -0.05) is 29.3 Å². The molecule has 0 aliphatic rings. The van der Waals surface area contributed by atoms with Gasteiger partial charge in [0.25, 0.3) is 0 Å². The van der Waals surface area contributed by atoms with E-state index in [0.29, 0.717) is 12.2 Å². The van der Waals surface area contributed by atoms with Gasteiger partial charge < -0.3 is 10.4 Å². The van der Waals surface area contributed by atoms with Gasteiger partial charge in [-0.15, -0.1) is 0 Å². The van der Waals surface area contributed by atoms with Crippen molar-refractivity contribution < 1.29 is 9.50 Å². The van der Waals surface area contributed by atoms with Crippen molar-refractivity contribution in [2.24, 2.45) is 0 Å². The number of halogens is 2. The van der Waals surface area contributed by atoms with E-state index in [9.17, 15) is 9.50 Å². The maximum atomic E-state index is 13.0. The first-order valence-corrected chi connectivity index (χ1v) is 5.91. The molecule has 2 N–H and O–H groups in total. The SMILES string of the molecule is Cc1ccc(O)c(CNc2ccc(F)c(Cl)c2)c1. The number of phenols is 1. The number of hydrogen-bond donors (Lipinski definition) is 2. The molecule has 0 aliphatic carbocycles. The third kappa shape index (κ3) is 2.93. The van der Waals surface area contributed by atoms with Gasteiger partial charge in [0, 0.05) is 17.8 Å². The van der Waals surface area contributed by atoms with E-state index < -0.39 is 5.82 Å². The first kappa shape index (κ1) is 12.7. The molecule has 0 radical (unpaired) electrons. The van der Waals surface area contributed by atoms with Gasteiger partial charge in [0.15, 0.2) is 0 Å². The lowest BCUT2D eigenvalue weighted by Crippen LogP contribution is -2.00. The number of aryl methyl sites for hydroxylation is 1. The Morgan fingerprint density at radius 2 is 2.00 bits per heavy atom. The molecule has 0 aliphatic heterocycles. The lowest BCUT2D eigenvalue weighted by atomic mass is 10.1. The summed E-state index contributed by atoms with van der Waals surface area (Å²) in [5.41, 5.74) is 2.57. The molecule has 0 aromatic heterocycles. The topological polar surface area (TPSA) is 32.3 Å². The number of hydrogen-bond acceptors (Lipinski definition) is 2. The molecule has 0 unspecified atom stereocenters. The molecule has 94 valence electrons. The van der Waals surface area contributed by atoms with Gasteiger partial charge in [0.2, 0.25) is 0 Å². The van der Waals surface area contributed by atoms with Crippen molar-refractivity contribution in [2.75, 3.05) is 5.32 Å². The van der Waals surface area contributed by atoms with E-state index in [1.807, 2.05) is 19.1 Å². The van der Waals surface area contributed by atoms with Crippen molar-refractivity contribution in [3.05, 3.63) is 58.4 Å². The highest BCUT2D eigenvalue weighted by atomic mass is 35.5. The minimum absolute atomic E-state index is 0.0773. The second-order valence-corrected chi connectivity index (χ2v) is 4.52. The van der Waals surface area contributed by atoms with Crippen molar-refractivity contribution in [3.63, 3.8) is 0 Å².